The van der Waals surface area contributed by atoms with Gasteiger partial charge < -0.3 is 4.74 Å². The van der Waals surface area contributed by atoms with Crippen LogP contribution in [0, 0.1) is 10.1 Å². The molecule has 0 bridgehead atoms. The molecule has 0 aliphatic rings. The van der Waals surface area contributed by atoms with Gasteiger partial charge in [-0.25, -0.2) is 16.8 Å². The number of ether oxygens (including phenoxy) is 1. The summed E-state index contributed by atoms with van der Waals surface area (Å²) in [4.78, 5) is 10.7. The summed E-state index contributed by atoms with van der Waals surface area (Å²) in [6.07, 6.45) is 3.14. The van der Waals surface area contributed by atoms with Gasteiger partial charge in [-0.3, -0.25) is 14.8 Å². The van der Waals surface area contributed by atoms with Crippen molar-refractivity contribution < 1.29 is 26.5 Å². The molecule has 1 heterocycles. The summed E-state index contributed by atoms with van der Waals surface area (Å²) >= 11 is 0. The Morgan fingerprint density at radius 3 is 2.30 bits per heavy atom. The first-order valence-electron chi connectivity index (χ1n) is 9.62. The Morgan fingerprint density at radius 2 is 1.70 bits per heavy atom. The van der Waals surface area contributed by atoms with E-state index in [0.29, 0.717) is 14.8 Å². The van der Waals surface area contributed by atoms with Gasteiger partial charge in [-0.2, -0.15) is 0 Å². The van der Waals surface area contributed by atoms with Crippen LogP contribution in [-0.2, 0) is 33.2 Å². The van der Waals surface area contributed by atoms with E-state index in [0.717, 1.165) is 18.1 Å². The summed E-state index contributed by atoms with van der Waals surface area (Å²) in [5, 5.41) is 15.5. The molecule has 0 saturated carbocycles. The van der Waals surface area contributed by atoms with Crippen LogP contribution < -0.4 is 4.74 Å². The third-order valence-electron chi connectivity index (χ3n) is 4.57. The van der Waals surface area contributed by atoms with Crippen molar-refractivity contribution in [3.63, 3.8) is 0 Å². The summed E-state index contributed by atoms with van der Waals surface area (Å²) < 4.78 is 55.1. The zero-order valence-electron chi connectivity index (χ0n) is 17.9. The largest absolute Gasteiger partial charge is 0.471 e. The van der Waals surface area contributed by atoms with Gasteiger partial charge in [-0.05, 0) is 11.1 Å². The molecular weight excluding hydrogens is 472 g/mol. The lowest BCUT2D eigenvalue weighted by molar-refractivity contribution is -0.384. The zero-order chi connectivity index (χ0) is 24.2. The van der Waals surface area contributed by atoms with E-state index in [9.17, 15) is 26.9 Å². The number of non-ortho nitro benzene ring substituents is 1. The standard InChI is InChI=1S/C20H22N4O7S2/c1-32(27,28)23(33(2,29)30)12-11-22-14-19(17-9-6-10-18(13-17)24(25)26)20(21-22)31-15-16-7-4-3-5-8-16/h3-10,13-14H,11-12,15H2,1-2H3. The maximum Gasteiger partial charge on any atom is 0.270 e. The summed E-state index contributed by atoms with van der Waals surface area (Å²) in [5.74, 6) is 0.171. The molecule has 1 aromatic heterocycles. The molecular formula is C20H22N4O7S2. The van der Waals surface area contributed by atoms with E-state index in [2.05, 4.69) is 5.10 Å². The Hall–Kier alpha value is -3.29. The van der Waals surface area contributed by atoms with Gasteiger partial charge in [0.15, 0.2) is 0 Å². The zero-order valence-corrected chi connectivity index (χ0v) is 19.5. The van der Waals surface area contributed by atoms with E-state index < -0.39 is 25.0 Å². The number of hydrogen-bond donors (Lipinski definition) is 0. The SMILES string of the molecule is CS(=O)(=O)N(CCn1cc(-c2cccc([N+](=O)[O-])c2)c(OCc2ccccc2)n1)S(C)(=O)=O. The van der Waals surface area contributed by atoms with Crippen molar-refractivity contribution in [1.29, 1.82) is 0 Å². The van der Waals surface area contributed by atoms with Crippen LogP contribution in [0.15, 0.2) is 60.8 Å². The lowest BCUT2D eigenvalue weighted by Crippen LogP contribution is -2.37. The number of sulfonamides is 2. The summed E-state index contributed by atoms with van der Waals surface area (Å²) in [6.45, 7) is -0.277. The van der Waals surface area contributed by atoms with Gasteiger partial charge in [-0.15, -0.1) is 5.10 Å². The van der Waals surface area contributed by atoms with E-state index in [-0.39, 0.29) is 31.3 Å². The number of nitro groups is 1. The van der Waals surface area contributed by atoms with Gasteiger partial charge in [-0.1, -0.05) is 46.2 Å². The molecule has 0 fully saturated rings. The van der Waals surface area contributed by atoms with Crippen LogP contribution in [0.1, 0.15) is 5.56 Å². The number of aromatic nitrogens is 2. The molecule has 13 heteroatoms. The van der Waals surface area contributed by atoms with Crippen molar-refractivity contribution in [2.24, 2.45) is 0 Å². The molecule has 2 aromatic carbocycles. The lowest BCUT2D eigenvalue weighted by atomic mass is 10.1. The van der Waals surface area contributed by atoms with Crippen LogP contribution in [0.25, 0.3) is 11.1 Å². The van der Waals surface area contributed by atoms with Crippen molar-refractivity contribution in [2.75, 3.05) is 19.1 Å². The van der Waals surface area contributed by atoms with Crippen molar-refractivity contribution in [3.8, 4) is 17.0 Å². The predicted molar refractivity (Wildman–Crippen MR) is 121 cm³/mol. The Bertz CT molecular complexity index is 1320. The number of hydrogen-bond acceptors (Lipinski definition) is 8. The molecule has 3 rings (SSSR count). The Morgan fingerprint density at radius 1 is 1.03 bits per heavy atom. The Kier molecular flexibility index (Phi) is 7.15. The third-order valence-corrected chi connectivity index (χ3v) is 8.04. The van der Waals surface area contributed by atoms with Gasteiger partial charge in [0.1, 0.15) is 6.61 Å². The molecule has 0 unspecified atom stereocenters. The molecule has 0 amide bonds. The Labute approximate surface area is 191 Å². The third kappa shape index (κ3) is 6.37. The number of benzene rings is 2. The average molecular weight is 495 g/mol. The highest BCUT2D eigenvalue weighted by atomic mass is 32.3. The minimum Gasteiger partial charge on any atom is -0.471 e. The molecule has 176 valence electrons. The van der Waals surface area contributed by atoms with Gasteiger partial charge in [0, 0.05) is 24.9 Å². The molecule has 0 N–H and O–H groups in total. The summed E-state index contributed by atoms with van der Waals surface area (Å²) in [6, 6.07) is 15.2. The van der Waals surface area contributed by atoms with Crippen molar-refractivity contribution in [3.05, 3.63) is 76.5 Å². The highest BCUT2D eigenvalue weighted by molar-refractivity contribution is 8.03. The monoisotopic (exact) mass is 494 g/mol. The number of nitro benzene ring substituents is 1. The highest BCUT2D eigenvalue weighted by Gasteiger charge is 2.27. The first kappa shape index (κ1) is 24.4. The molecule has 33 heavy (non-hydrogen) atoms. The van der Waals surface area contributed by atoms with Gasteiger partial charge in [0.05, 0.1) is 29.5 Å². The van der Waals surface area contributed by atoms with E-state index in [1.54, 1.807) is 6.07 Å². The van der Waals surface area contributed by atoms with E-state index >= 15 is 0 Å². The van der Waals surface area contributed by atoms with Crippen LogP contribution in [0.5, 0.6) is 5.88 Å². The molecule has 3 aromatic rings. The minimum atomic E-state index is -4.01. The molecule has 11 nitrogen and oxygen atoms in total. The second-order valence-corrected chi connectivity index (χ2v) is 11.3. The van der Waals surface area contributed by atoms with E-state index in [1.165, 1.54) is 29.1 Å². The number of nitrogens with zero attached hydrogens (tertiary/aromatic N) is 4. The molecule has 0 spiro atoms. The topological polar surface area (TPSA) is 142 Å². The van der Waals surface area contributed by atoms with Crippen LogP contribution in [0.2, 0.25) is 0 Å². The van der Waals surface area contributed by atoms with E-state index in [1.807, 2.05) is 30.3 Å². The normalized spacial score (nSPS) is 12.1. The van der Waals surface area contributed by atoms with Crippen molar-refractivity contribution in [2.45, 2.75) is 13.2 Å². The lowest BCUT2D eigenvalue weighted by Gasteiger charge is -2.17. The van der Waals surface area contributed by atoms with Gasteiger partial charge in [0.2, 0.25) is 25.9 Å². The molecule has 0 aliphatic heterocycles. The summed E-state index contributed by atoms with van der Waals surface area (Å²) in [5.41, 5.74) is 1.67. The molecule has 0 saturated heterocycles. The first-order chi connectivity index (χ1) is 15.4. The van der Waals surface area contributed by atoms with Crippen molar-refractivity contribution in [1.82, 2.24) is 13.5 Å². The molecule has 0 radical (unpaired) electrons. The van der Waals surface area contributed by atoms with Gasteiger partial charge >= 0.3 is 0 Å². The minimum absolute atomic E-state index is 0.0865. The van der Waals surface area contributed by atoms with E-state index in [4.69, 9.17) is 4.74 Å². The highest BCUT2D eigenvalue weighted by Crippen LogP contribution is 2.31. The second kappa shape index (κ2) is 9.68. The fraction of sp³-hybridized carbons (Fsp3) is 0.250. The van der Waals surface area contributed by atoms with Crippen LogP contribution in [0.4, 0.5) is 5.69 Å². The molecule has 0 aliphatic carbocycles. The predicted octanol–water partition coefficient (Wildman–Crippen LogP) is 2.26. The van der Waals surface area contributed by atoms with Crippen LogP contribution in [0.3, 0.4) is 0 Å². The fourth-order valence-electron chi connectivity index (χ4n) is 3.10. The van der Waals surface area contributed by atoms with Gasteiger partial charge in [0.25, 0.3) is 5.69 Å². The second-order valence-electron chi connectivity index (χ2n) is 7.22. The smallest absolute Gasteiger partial charge is 0.270 e. The quantitative estimate of drug-likeness (QED) is 0.309. The fourth-order valence-corrected chi connectivity index (χ4v) is 5.89. The molecule has 0 atom stereocenters. The maximum atomic E-state index is 11.9. The summed E-state index contributed by atoms with van der Waals surface area (Å²) in [7, 11) is -8.02. The van der Waals surface area contributed by atoms with Crippen LogP contribution in [-0.4, -0.2) is 54.3 Å². The average Bonchev–Trinajstić information content (AvgIpc) is 3.14. The maximum absolute atomic E-state index is 11.9. The van der Waals surface area contributed by atoms with Crippen molar-refractivity contribution >= 4 is 25.7 Å². The Balaban J connectivity index is 1.93. The number of rotatable bonds is 10. The van der Waals surface area contributed by atoms with Crippen LogP contribution >= 0.6 is 0 Å². The first-order valence-corrected chi connectivity index (χ1v) is 13.3.